The molecule has 0 aliphatic carbocycles. The third-order valence-corrected chi connectivity index (χ3v) is 4.00. The second-order valence-corrected chi connectivity index (χ2v) is 5.97. The summed E-state index contributed by atoms with van der Waals surface area (Å²) >= 11 is 0. The Labute approximate surface area is 158 Å². The summed E-state index contributed by atoms with van der Waals surface area (Å²) in [5, 5.41) is 17.3. The Balaban J connectivity index is 1.86. The van der Waals surface area contributed by atoms with Crippen molar-refractivity contribution in [1.82, 2.24) is 20.3 Å². The average molecular weight is 362 g/mol. The molecule has 1 saturated heterocycles. The van der Waals surface area contributed by atoms with Gasteiger partial charge in [-0.2, -0.15) is 0 Å². The molecule has 0 saturated carbocycles. The van der Waals surface area contributed by atoms with Gasteiger partial charge in [0.15, 0.2) is 0 Å². The van der Waals surface area contributed by atoms with E-state index in [-0.39, 0.29) is 0 Å². The van der Waals surface area contributed by atoms with Gasteiger partial charge in [0.1, 0.15) is 17.3 Å². The standard InChI is InChI=1S/C19H22N8/c1-13(8-20)15(26-18-5-3-4-6-24-18)7-16(21-2)17-11-23-12-19(27-17)25-14-9-22-10-14/h3-8,11-12,14,20,22H,1,9-10H2,2H3,(H,24,26)(H,25,27)/b15-7+,20-8?,21-16?. The first-order valence-corrected chi connectivity index (χ1v) is 8.55. The van der Waals surface area contributed by atoms with E-state index in [0.717, 1.165) is 13.1 Å². The summed E-state index contributed by atoms with van der Waals surface area (Å²) in [4.78, 5) is 17.5. The zero-order chi connectivity index (χ0) is 19.1. The lowest BCUT2D eigenvalue weighted by atomic mass is 10.1. The predicted octanol–water partition coefficient (Wildman–Crippen LogP) is 1.88. The number of nitrogens with one attached hydrogen (secondary N) is 4. The van der Waals surface area contributed by atoms with Gasteiger partial charge in [-0.1, -0.05) is 12.6 Å². The Morgan fingerprint density at radius 1 is 1.33 bits per heavy atom. The fourth-order valence-electron chi connectivity index (χ4n) is 2.41. The van der Waals surface area contributed by atoms with Crippen molar-refractivity contribution < 1.29 is 0 Å². The van der Waals surface area contributed by atoms with Crippen molar-refractivity contribution in [2.45, 2.75) is 6.04 Å². The van der Waals surface area contributed by atoms with Crippen LogP contribution in [0.15, 0.2) is 65.7 Å². The molecule has 2 aromatic heterocycles. The quantitative estimate of drug-likeness (QED) is 0.421. The normalized spacial score (nSPS) is 15.0. The third kappa shape index (κ3) is 4.83. The summed E-state index contributed by atoms with van der Waals surface area (Å²) < 4.78 is 0. The molecule has 1 aliphatic heterocycles. The maximum Gasteiger partial charge on any atom is 0.145 e. The fourth-order valence-corrected chi connectivity index (χ4v) is 2.41. The zero-order valence-electron chi connectivity index (χ0n) is 15.1. The number of hydrogen-bond acceptors (Lipinski definition) is 8. The van der Waals surface area contributed by atoms with Gasteiger partial charge in [0.25, 0.3) is 0 Å². The molecule has 0 amide bonds. The highest BCUT2D eigenvalue weighted by molar-refractivity contribution is 6.09. The van der Waals surface area contributed by atoms with Gasteiger partial charge >= 0.3 is 0 Å². The smallest absolute Gasteiger partial charge is 0.145 e. The molecule has 0 spiro atoms. The molecule has 3 rings (SSSR count). The van der Waals surface area contributed by atoms with Crippen LogP contribution in [0.4, 0.5) is 11.6 Å². The van der Waals surface area contributed by atoms with Gasteiger partial charge < -0.3 is 21.4 Å². The van der Waals surface area contributed by atoms with Crippen molar-refractivity contribution in [3.63, 3.8) is 0 Å². The van der Waals surface area contributed by atoms with Crippen LogP contribution >= 0.6 is 0 Å². The largest absolute Gasteiger partial charge is 0.363 e. The topological polar surface area (TPSA) is 111 Å². The van der Waals surface area contributed by atoms with Crippen LogP contribution < -0.4 is 16.0 Å². The summed E-state index contributed by atoms with van der Waals surface area (Å²) in [6, 6.07) is 5.92. The van der Waals surface area contributed by atoms with Crippen molar-refractivity contribution in [1.29, 1.82) is 5.41 Å². The molecule has 0 bridgehead atoms. The summed E-state index contributed by atoms with van der Waals surface area (Å²) in [5.74, 6) is 1.36. The number of hydrogen-bond donors (Lipinski definition) is 4. The average Bonchev–Trinajstić information content (AvgIpc) is 2.68. The molecule has 0 atom stereocenters. The Bertz CT molecular complexity index is 868. The maximum atomic E-state index is 7.54. The summed E-state index contributed by atoms with van der Waals surface area (Å²) in [6.45, 7) is 5.74. The van der Waals surface area contributed by atoms with Gasteiger partial charge in [0.05, 0.1) is 29.8 Å². The monoisotopic (exact) mass is 362 g/mol. The molecule has 8 nitrogen and oxygen atoms in total. The van der Waals surface area contributed by atoms with E-state index in [0.29, 0.717) is 40.4 Å². The van der Waals surface area contributed by atoms with Crippen molar-refractivity contribution in [2.75, 3.05) is 30.8 Å². The fraction of sp³-hybridized carbons (Fsp3) is 0.211. The van der Waals surface area contributed by atoms with Gasteiger partial charge in [-0.05, 0) is 18.2 Å². The number of allylic oxidation sites excluding steroid dienone is 2. The molecule has 2 aromatic rings. The molecule has 1 fully saturated rings. The highest BCUT2D eigenvalue weighted by Crippen LogP contribution is 2.14. The minimum absolute atomic E-state index is 0.367. The van der Waals surface area contributed by atoms with E-state index in [1.807, 2.05) is 18.2 Å². The lowest BCUT2D eigenvalue weighted by Crippen LogP contribution is -2.51. The van der Waals surface area contributed by atoms with Gasteiger partial charge in [-0.25, -0.2) is 9.97 Å². The van der Waals surface area contributed by atoms with Crippen LogP contribution in [0.2, 0.25) is 0 Å². The Morgan fingerprint density at radius 2 is 2.19 bits per heavy atom. The molecule has 3 heterocycles. The van der Waals surface area contributed by atoms with Crippen LogP contribution in [0.1, 0.15) is 5.69 Å². The lowest BCUT2D eigenvalue weighted by molar-refractivity contribution is 0.471. The highest BCUT2D eigenvalue weighted by atomic mass is 15.1. The molecule has 4 N–H and O–H groups in total. The molecule has 8 heteroatoms. The SMILES string of the molecule is C=C(C=N)/C(=C\C(=NC)c1cncc(NC2CNC2)n1)Nc1ccccn1. The van der Waals surface area contributed by atoms with Crippen LogP contribution in [-0.4, -0.2) is 53.1 Å². The van der Waals surface area contributed by atoms with E-state index in [1.165, 1.54) is 6.21 Å². The maximum absolute atomic E-state index is 7.54. The van der Waals surface area contributed by atoms with Crippen LogP contribution in [0, 0.1) is 5.41 Å². The number of pyridine rings is 1. The van der Waals surface area contributed by atoms with Crippen molar-refractivity contribution in [2.24, 2.45) is 4.99 Å². The van der Waals surface area contributed by atoms with E-state index < -0.39 is 0 Å². The second-order valence-electron chi connectivity index (χ2n) is 5.97. The van der Waals surface area contributed by atoms with Gasteiger partial charge in [-0.15, -0.1) is 0 Å². The Hall–Kier alpha value is -3.39. The van der Waals surface area contributed by atoms with Crippen molar-refractivity contribution in [3.05, 3.63) is 66.4 Å². The van der Waals surface area contributed by atoms with Crippen LogP contribution in [0.3, 0.4) is 0 Å². The molecular formula is C19H22N8. The number of aromatic nitrogens is 3. The molecular weight excluding hydrogens is 340 g/mol. The first-order valence-electron chi connectivity index (χ1n) is 8.55. The predicted molar refractivity (Wildman–Crippen MR) is 109 cm³/mol. The van der Waals surface area contributed by atoms with Gasteiger partial charge in [0.2, 0.25) is 0 Å². The summed E-state index contributed by atoms with van der Waals surface area (Å²) in [6.07, 6.45) is 8.03. The van der Waals surface area contributed by atoms with Crippen molar-refractivity contribution >= 4 is 23.6 Å². The molecule has 27 heavy (non-hydrogen) atoms. The van der Waals surface area contributed by atoms with E-state index in [2.05, 4.69) is 42.5 Å². The number of aliphatic imine (C=N–C) groups is 1. The first kappa shape index (κ1) is 18.4. The summed E-state index contributed by atoms with van der Waals surface area (Å²) in [7, 11) is 1.69. The minimum atomic E-state index is 0.367. The van der Waals surface area contributed by atoms with E-state index in [1.54, 1.807) is 31.7 Å². The second kappa shape index (κ2) is 8.81. The molecule has 0 aromatic carbocycles. The molecule has 0 unspecified atom stereocenters. The minimum Gasteiger partial charge on any atom is -0.363 e. The van der Waals surface area contributed by atoms with Crippen LogP contribution in [0.25, 0.3) is 0 Å². The molecule has 1 aliphatic rings. The van der Waals surface area contributed by atoms with Crippen molar-refractivity contribution in [3.8, 4) is 0 Å². The van der Waals surface area contributed by atoms with Gasteiger partial charge in [0, 0.05) is 38.1 Å². The Kier molecular flexibility index (Phi) is 6.01. The first-order chi connectivity index (χ1) is 13.2. The van der Waals surface area contributed by atoms with Crippen LogP contribution in [0.5, 0.6) is 0 Å². The highest BCUT2D eigenvalue weighted by Gasteiger charge is 2.17. The molecule has 138 valence electrons. The third-order valence-electron chi connectivity index (χ3n) is 4.00. The number of nitrogens with zero attached hydrogens (tertiary/aromatic N) is 4. The molecule has 0 radical (unpaired) electrons. The van der Waals surface area contributed by atoms with E-state index in [9.17, 15) is 0 Å². The number of rotatable bonds is 8. The zero-order valence-corrected chi connectivity index (χ0v) is 15.1. The van der Waals surface area contributed by atoms with Gasteiger partial charge in [-0.3, -0.25) is 9.98 Å². The lowest BCUT2D eigenvalue weighted by Gasteiger charge is -2.28. The van der Waals surface area contributed by atoms with Crippen LogP contribution in [-0.2, 0) is 0 Å². The summed E-state index contributed by atoms with van der Waals surface area (Å²) in [5.41, 5.74) is 2.38. The Morgan fingerprint density at radius 3 is 2.81 bits per heavy atom. The van der Waals surface area contributed by atoms with E-state index in [4.69, 9.17) is 5.41 Å². The number of anilines is 2. The van der Waals surface area contributed by atoms with E-state index >= 15 is 0 Å².